The molecular weight excluding hydrogens is 388 g/mol. The fraction of sp³-hybridized carbons (Fsp3) is 0.231. The zero-order valence-electron chi connectivity index (χ0n) is 17.7. The third-order valence-corrected chi connectivity index (χ3v) is 5.90. The molecule has 1 atom stereocenters. The zero-order valence-corrected chi connectivity index (χ0v) is 17.7. The lowest BCUT2D eigenvalue weighted by atomic mass is 10.1. The van der Waals surface area contributed by atoms with Crippen LogP contribution in [0.25, 0.3) is 10.8 Å². The Hall–Kier alpha value is -3.60. The first-order valence-corrected chi connectivity index (χ1v) is 10.5. The highest BCUT2D eigenvalue weighted by Crippen LogP contribution is 2.31. The lowest BCUT2D eigenvalue weighted by molar-refractivity contribution is -0.681. The molecule has 0 bridgehead atoms. The van der Waals surface area contributed by atoms with E-state index in [1.54, 1.807) is 0 Å². The molecular formula is C26H25N2O3+. The number of hydrogen-bond acceptors (Lipinski definition) is 3. The summed E-state index contributed by atoms with van der Waals surface area (Å²) in [5, 5.41) is 2.29. The van der Waals surface area contributed by atoms with Crippen molar-refractivity contribution in [2.45, 2.75) is 33.0 Å². The van der Waals surface area contributed by atoms with Gasteiger partial charge >= 0.3 is 0 Å². The summed E-state index contributed by atoms with van der Waals surface area (Å²) in [7, 11) is 0. The van der Waals surface area contributed by atoms with Gasteiger partial charge < -0.3 is 14.0 Å². The molecule has 5 rings (SSSR count). The normalized spacial score (nSPS) is 15.2. The number of nitrogens with zero attached hydrogens (tertiary/aromatic N) is 2. The first-order chi connectivity index (χ1) is 15.1. The van der Waals surface area contributed by atoms with Crippen LogP contribution in [-0.4, -0.2) is 23.1 Å². The van der Waals surface area contributed by atoms with Crippen molar-refractivity contribution in [2.24, 2.45) is 0 Å². The number of Topliss-reactive ketones (excluding diaryl/α,β-unsaturated/α-hetero) is 1. The zero-order chi connectivity index (χ0) is 21.4. The highest BCUT2D eigenvalue weighted by atomic mass is 16.6. The second kappa shape index (κ2) is 7.91. The third-order valence-electron chi connectivity index (χ3n) is 5.90. The molecule has 0 unspecified atom stereocenters. The summed E-state index contributed by atoms with van der Waals surface area (Å²) in [6.07, 6.45) is 3.89. The van der Waals surface area contributed by atoms with Crippen LogP contribution in [-0.2, 0) is 13.1 Å². The number of pyridine rings is 1. The number of aryl methyl sites for hydroxylation is 1. The van der Waals surface area contributed by atoms with E-state index in [-0.39, 0.29) is 11.9 Å². The summed E-state index contributed by atoms with van der Waals surface area (Å²) in [6.45, 7) is 5.48. The van der Waals surface area contributed by atoms with Crippen LogP contribution < -0.4 is 14.0 Å². The van der Waals surface area contributed by atoms with Crippen molar-refractivity contribution in [2.75, 3.05) is 6.61 Å². The van der Waals surface area contributed by atoms with Gasteiger partial charge in [-0.05, 0) is 43.5 Å². The molecule has 0 saturated carbocycles. The molecule has 4 aromatic rings. The Labute approximate surface area is 181 Å². The van der Waals surface area contributed by atoms with Gasteiger partial charge in [-0.15, -0.1) is 0 Å². The van der Waals surface area contributed by atoms with Crippen molar-refractivity contribution < 1.29 is 18.8 Å². The molecule has 3 heterocycles. The van der Waals surface area contributed by atoms with Gasteiger partial charge in [0.15, 0.2) is 30.0 Å². The van der Waals surface area contributed by atoms with E-state index in [0.717, 1.165) is 33.8 Å². The molecule has 5 heteroatoms. The summed E-state index contributed by atoms with van der Waals surface area (Å²) in [5.74, 6) is 1.65. The highest BCUT2D eigenvalue weighted by molar-refractivity contribution is 5.96. The number of carbonyl (C=O) groups is 1. The van der Waals surface area contributed by atoms with Crippen LogP contribution in [0.5, 0.6) is 11.5 Å². The molecule has 0 spiro atoms. The smallest absolute Gasteiger partial charge is 0.229 e. The average Bonchev–Trinajstić information content (AvgIpc) is 3.07. The van der Waals surface area contributed by atoms with Crippen LogP contribution in [0.2, 0.25) is 0 Å². The first kappa shape index (κ1) is 19.4. The summed E-state index contributed by atoms with van der Waals surface area (Å²) in [4.78, 5) is 13.1. The minimum atomic E-state index is -0.0995. The molecule has 0 radical (unpaired) electrons. The Morgan fingerprint density at radius 1 is 1.03 bits per heavy atom. The van der Waals surface area contributed by atoms with Gasteiger partial charge in [0.05, 0.1) is 6.54 Å². The Bertz CT molecular complexity index is 1270. The monoisotopic (exact) mass is 413 g/mol. The number of benzene rings is 2. The minimum Gasteiger partial charge on any atom is -0.486 e. The Kier molecular flexibility index (Phi) is 4.94. The number of ether oxygens (including phenoxy) is 2. The van der Waals surface area contributed by atoms with E-state index in [2.05, 4.69) is 16.7 Å². The number of ketones is 1. The van der Waals surface area contributed by atoms with Gasteiger partial charge in [-0.1, -0.05) is 30.3 Å². The summed E-state index contributed by atoms with van der Waals surface area (Å²) < 4.78 is 16.1. The molecule has 2 aromatic carbocycles. The fourth-order valence-corrected chi connectivity index (χ4v) is 4.25. The predicted molar refractivity (Wildman–Crippen MR) is 119 cm³/mol. The molecule has 0 N–H and O–H groups in total. The number of aromatic nitrogens is 2. The van der Waals surface area contributed by atoms with Crippen LogP contribution >= 0.6 is 0 Å². The molecule has 0 amide bonds. The van der Waals surface area contributed by atoms with Crippen LogP contribution in [0.4, 0.5) is 0 Å². The molecule has 0 fully saturated rings. The Morgan fingerprint density at radius 3 is 2.61 bits per heavy atom. The van der Waals surface area contributed by atoms with Crippen LogP contribution in [0.3, 0.4) is 0 Å². The second-order valence-corrected chi connectivity index (χ2v) is 8.06. The maximum absolute atomic E-state index is 13.1. The Morgan fingerprint density at radius 2 is 1.77 bits per heavy atom. The number of fused-ring (bicyclic) bond motifs is 2. The van der Waals surface area contributed by atoms with Gasteiger partial charge in [-0.2, -0.15) is 4.57 Å². The summed E-state index contributed by atoms with van der Waals surface area (Å²) >= 11 is 0. The lowest BCUT2D eigenvalue weighted by Crippen LogP contribution is -2.37. The quantitative estimate of drug-likeness (QED) is 0.363. The van der Waals surface area contributed by atoms with Crippen molar-refractivity contribution in [3.05, 3.63) is 90.0 Å². The molecule has 0 aliphatic carbocycles. The predicted octanol–water partition coefficient (Wildman–Crippen LogP) is 4.27. The molecule has 156 valence electrons. The van der Waals surface area contributed by atoms with E-state index in [4.69, 9.17) is 9.47 Å². The van der Waals surface area contributed by atoms with Crippen molar-refractivity contribution in [3.8, 4) is 11.5 Å². The van der Waals surface area contributed by atoms with Crippen molar-refractivity contribution in [1.29, 1.82) is 0 Å². The standard InChI is InChI=1S/C26H25N2O3/c1-18-13-23(24(29)16-27-12-11-20-7-3-4-8-21(20)14-27)19(2)28(18)15-22-17-30-25-9-5-6-10-26(25)31-22/h3-14,22H,15-17H2,1-2H3/q+1/t22-/m1/s1. The van der Waals surface area contributed by atoms with E-state index >= 15 is 0 Å². The largest absolute Gasteiger partial charge is 0.486 e. The summed E-state index contributed by atoms with van der Waals surface area (Å²) in [5.41, 5.74) is 2.77. The van der Waals surface area contributed by atoms with Crippen LogP contribution in [0.15, 0.2) is 73.1 Å². The van der Waals surface area contributed by atoms with Gasteiger partial charge in [0.1, 0.15) is 6.61 Å². The van der Waals surface area contributed by atoms with Gasteiger partial charge in [-0.25, -0.2) is 0 Å². The van der Waals surface area contributed by atoms with Crippen molar-refractivity contribution in [1.82, 2.24) is 4.57 Å². The van der Waals surface area contributed by atoms with Crippen molar-refractivity contribution in [3.63, 3.8) is 0 Å². The second-order valence-electron chi connectivity index (χ2n) is 8.06. The fourth-order valence-electron chi connectivity index (χ4n) is 4.25. The maximum atomic E-state index is 13.1. The van der Waals surface area contributed by atoms with Crippen LogP contribution in [0, 0.1) is 13.8 Å². The van der Waals surface area contributed by atoms with E-state index in [9.17, 15) is 4.79 Å². The molecule has 2 aromatic heterocycles. The molecule has 1 aliphatic rings. The first-order valence-electron chi connectivity index (χ1n) is 10.5. The maximum Gasteiger partial charge on any atom is 0.229 e. The summed E-state index contributed by atoms with van der Waals surface area (Å²) in [6, 6.07) is 19.9. The average molecular weight is 413 g/mol. The number of para-hydroxylation sites is 2. The van der Waals surface area contributed by atoms with Gasteiger partial charge in [0, 0.05) is 28.4 Å². The van der Waals surface area contributed by atoms with Gasteiger partial charge in [0.25, 0.3) is 0 Å². The number of rotatable bonds is 5. The highest BCUT2D eigenvalue weighted by Gasteiger charge is 2.24. The SMILES string of the molecule is Cc1cc(C(=O)C[n+]2ccc3ccccc3c2)c(C)n1C[C@@H]1COc2ccccc2O1. The molecule has 1 aliphatic heterocycles. The molecule has 31 heavy (non-hydrogen) atoms. The number of carbonyl (C=O) groups excluding carboxylic acids is 1. The van der Waals surface area contributed by atoms with E-state index < -0.39 is 0 Å². The van der Waals surface area contributed by atoms with Crippen LogP contribution in [0.1, 0.15) is 21.7 Å². The van der Waals surface area contributed by atoms with E-state index in [1.165, 1.54) is 5.39 Å². The van der Waals surface area contributed by atoms with Gasteiger partial charge in [-0.3, -0.25) is 4.79 Å². The van der Waals surface area contributed by atoms with Crippen molar-refractivity contribution >= 4 is 16.6 Å². The van der Waals surface area contributed by atoms with E-state index in [1.807, 2.05) is 79.3 Å². The molecule has 5 nitrogen and oxygen atoms in total. The topological polar surface area (TPSA) is 44.3 Å². The lowest BCUT2D eigenvalue weighted by Gasteiger charge is -2.27. The van der Waals surface area contributed by atoms with Gasteiger partial charge in [0.2, 0.25) is 12.3 Å². The number of hydrogen-bond donors (Lipinski definition) is 0. The molecule has 0 saturated heterocycles. The Balaban J connectivity index is 1.34. The third kappa shape index (κ3) is 3.79. The minimum absolute atomic E-state index is 0.0995. The van der Waals surface area contributed by atoms with E-state index in [0.29, 0.717) is 19.7 Å².